The summed E-state index contributed by atoms with van der Waals surface area (Å²) in [5.74, 6) is 0. The Kier molecular flexibility index (Phi) is 6.50. The Morgan fingerprint density at radius 1 is 1.40 bits per heavy atom. The number of hydrogen-bond donors (Lipinski definition) is 2. The van der Waals surface area contributed by atoms with Crippen LogP contribution in [0.2, 0.25) is 0 Å². The quantitative estimate of drug-likeness (QED) is 0.759. The highest BCUT2D eigenvalue weighted by Crippen LogP contribution is 2.20. The number of aromatic nitrogens is 2. The van der Waals surface area contributed by atoms with Crippen LogP contribution in [0.1, 0.15) is 39.0 Å². The third kappa shape index (κ3) is 5.61. The van der Waals surface area contributed by atoms with Gasteiger partial charge in [0.2, 0.25) is 0 Å². The average molecular weight is 281 g/mol. The molecule has 2 unspecified atom stereocenters. The number of imidazole rings is 1. The summed E-state index contributed by atoms with van der Waals surface area (Å²) in [5, 5.41) is 13.3. The van der Waals surface area contributed by atoms with Gasteiger partial charge in [-0.3, -0.25) is 0 Å². The Hall–Kier alpha value is -0.910. The van der Waals surface area contributed by atoms with Gasteiger partial charge in [0.15, 0.2) is 0 Å². The van der Waals surface area contributed by atoms with Crippen molar-refractivity contribution in [1.82, 2.24) is 14.9 Å². The largest absolute Gasteiger partial charge is 0.389 e. The number of rotatable bonds is 8. The van der Waals surface area contributed by atoms with Crippen LogP contribution in [0, 0.1) is 0 Å². The SMILES string of the molecule is CC(Cn1ccnc1)NCC(O)COC1CCCCC1. The first kappa shape index (κ1) is 15.5. The van der Waals surface area contributed by atoms with Gasteiger partial charge >= 0.3 is 0 Å². The van der Waals surface area contributed by atoms with Crippen molar-refractivity contribution in [3.63, 3.8) is 0 Å². The Labute approximate surface area is 121 Å². The zero-order valence-electron chi connectivity index (χ0n) is 12.4. The molecule has 1 aromatic heterocycles. The zero-order chi connectivity index (χ0) is 14.2. The molecule has 20 heavy (non-hydrogen) atoms. The molecule has 0 amide bonds. The molecule has 2 atom stereocenters. The number of aliphatic hydroxyl groups excluding tert-OH is 1. The van der Waals surface area contributed by atoms with Crippen LogP contribution in [0.25, 0.3) is 0 Å². The van der Waals surface area contributed by atoms with Crippen LogP contribution in [-0.4, -0.2) is 46.1 Å². The fourth-order valence-electron chi connectivity index (χ4n) is 2.65. The van der Waals surface area contributed by atoms with Crippen molar-refractivity contribution in [2.75, 3.05) is 13.2 Å². The van der Waals surface area contributed by atoms with Crippen molar-refractivity contribution in [3.05, 3.63) is 18.7 Å². The third-order valence-electron chi connectivity index (χ3n) is 3.82. The van der Waals surface area contributed by atoms with E-state index in [-0.39, 0.29) is 0 Å². The first-order valence-electron chi connectivity index (χ1n) is 7.73. The molecule has 1 aliphatic carbocycles. The van der Waals surface area contributed by atoms with Gasteiger partial charge in [0, 0.05) is 31.5 Å². The van der Waals surface area contributed by atoms with Gasteiger partial charge in [0.1, 0.15) is 0 Å². The molecule has 0 saturated heterocycles. The van der Waals surface area contributed by atoms with E-state index >= 15 is 0 Å². The Bertz CT molecular complexity index is 350. The highest BCUT2D eigenvalue weighted by Gasteiger charge is 2.15. The van der Waals surface area contributed by atoms with Gasteiger partial charge in [0.25, 0.3) is 0 Å². The van der Waals surface area contributed by atoms with Crippen molar-refractivity contribution >= 4 is 0 Å². The van der Waals surface area contributed by atoms with Crippen LogP contribution in [0.4, 0.5) is 0 Å². The molecule has 0 aromatic carbocycles. The normalized spacial score (nSPS) is 19.9. The summed E-state index contributed by atoms with van der Waals surface area (Å²) in [5.41, 5.74) is 0. The summed E-state index contributed by atoms with van der Waals surface area (Å²) >= 11 is 0. The maximum Gasteiger partial charge on any atom is 0.0946 e. The highest BCUT2D eigenvalue weighted by atomic mass is 16.5. The van der Waals surface area contributed by atoms with Crippen LogP contribution in [0.5, 0.6) is 0 Å². The third-order valence-corrected chi connectivity index (χ3v) is 3.82. The first-order chi connectivity index (χ1) is 9.74. The minimum absolute atomic E-state index is 0.300. The van der Waals surface area contributed by atoms with Crippen LogP contribution < -0.4 is 5.32 Å². The Morgan fingerprint density at radius 2 is 2.20 bits per heavy atom. The van der Waals surface area contributed by atoms with Gasteiger partial charge in [-0.1, -0.05) is 19.3 Å². The summed E-state index contributed by atoms with van der Waals surface area (Å²) in [6.45, 7) is 3.98. The fraction of sp³-hybridized carbons (Fsp3) is 0.800. The Morgan fingerprint density at radius 3 is 2.90 bits per heavy atom. The van der Waals surface area contributed by atoms with Crippen molar-refractivity contribution in [3.8, 4) is 0 Å². The summed E-state index contributed by atoms with van der Waals surface area (Å²) in [6.07, 6.45) is 11.6. The maximum atomic E-state index is 9.95. The lowest BCUT2D eigenvalue weighted by Gasteiger charge is -2.24. The lowest BCUT2D eigenvalue weighted by Crippen LogP contribution is -2.38. The lowest BCUT2D eigenvalue weighted by molar-refractivity contribution is -0.0235. The van der Waals surface area contributed by atoms with Gasteiger partial charge < -0.3 is 19.7 Å². The molecule has 2 N–H and O–H groups in total. The predicted octanol–water partition coefficient (Wildman–Crippen LogP) is 1.57. The van der Waals surface area contributed by atoms with Crippen LogP contribution in [0.15, 0.2) is 18.7 Å². The predicted molar refractivity (Wildman–Crippen MR) is 78.5 cm³/mol. The second kappa shape index (κ2) is 8.39. The van der Waals surface area contributed by atoms with E-state index in [4.69, 9.17) is 4.74 Å². The molecule has 0 aliphatic heterocycles. The molecule has 0 radical (unpaired) electrons. The molecule has 1 saturated carbocycles. The molecular formula is C15H27N3O2. The topological polar surface area (TPSA) is 59.3 Å². The van der Waals surface area contributed by atoms with E-state index in [1.807, 2.05) is 10.8 Å². The molecule has 114 valence electrons. The van der Waals surface area contributed by atoms with E-state index < -0.39 is 6.10 Å². The van der Waals surface area contributed by atoms with E-state index in [0.717, 1.165) is 19.4 Å². The molecule has 1 heterocycles. The average Bonchev–Trinajstić information content (AvgIpc) is 2.97. The Balaban J connectivity index is 1.55. The fourth-order valence-corrected chi connectivity index (χ4v) is 2.65. The minimum atomic E-state index is -0.429. The zero-order valence-corrected chi connectivity index (χ0v) is 12.4. The molecule has 1 fully saturated rings. The molecule has 0 spiro atoms. The number of ether oxygens (including phenoxy) is 1. The highest BCUT2D eigenvalue weighted by molar-refractivity contribution is 4.77. The lowest BCUT2D eigenvalue weighted by atomic mass is 9.98. The molecule has 2 rings (SSSR count). The number of hydrogen-bond acceptors (Lipinski definition) is 4. The monoisotopic (exact) mass is 281 g/mol. The van der Waals surface area contributed by atoms with E-state index in [9.17, 15) is 5.11 Å². The van der Waals surface area contributed by atoms with E-state index in [1.54, 1.807) is 12.5 Å². The van der Waals surface area contributed by atoms with E-state index in [0.29, 0.717) is 25.3 Å². The van der Waals surface area contributed by atoms with Crippen molar-refractivity contribution in [2.24, 2.45) is 0 Å². The van der Waals surface area contributed by atoms with Crippen molar-refractivity contribution in [1.29, 1.82) is 0 Å². The van der Waals surface area contributed by atoms with E-state index in [1.165, 1.54) is 19.3 Å². The smallest absolute Gasteiger partial charge is 0.0946 e. The molecule has 5 nitrogen and oxygen atoms in total. The second-order valence-corrected chi connectivity index (χ2v) is 5.82. The van der Waals surface area contributed by atoms with Crippen LogP contribution in [-0.2, 0) is 11.3 Å². The first-order valence-corrected chi connectivity index (χ1v) is 7.73. The second-order valence-electron chi connectivity index (χ2n) is 5.82. The van der Waals surface area contributed by atoms with Crippen molar-refractivity contribution in [2.45, 2.75) is 63.8 Å². The summed E-state index contributed by atoms with van der Waals surface area (Å²) in [7, 11) is 0. The maximum absolute atomic E-state index is 9.95. The summed E-state index contributed by atoms with van der Waals surface area (Å²) in [6, 6.07) is 0.300. The van der Waals surface area contributed by atoms with Gasteiger partial charge in [-0.15, -0.1) is 0 Å². The van der Waals surface area contributed by atoms with Crippen LogP contribution >= 0.6 is 0 Å². The van der Waals surface area contributed by atoms with Gasteiger partial charge in [0.05, 0.1) is 25.1 Å². The van der Waals surface area contributed by atoms with Crippen LogP contribution in [0.3, 0.4) is 0 Å². The standard InChI is InChI=1S/C15H27N3O2/c1-13(10-18-8-7-16-12-18)17-9-14(19)11-20-15-5-3-2-4-6-15/h7-8,12-15,17,19H,2-6,9-11H2,1H3. The number of nitrogens with one attached hydrogen (secondary N) is 1. The summed E-state index contributed by atoms with van der Waals surface area (Å²) < 4.78 is 7.81. The molecular weight excluding hydrogens is 254 g/mol. The van der Waals surface area contributed by atoms with Gasteiger partial charge in [-0.25, -0.2) is 4.98 Å². The minimum Gasteiger partial charge on any atom is -0.389 e. The van der Waals surface area contributed by atoms with Gasteiger partial charge in [-0.2, -0.15) is 0 Å². The van der Waals surface area contributed by atoms with Crippen molar-refractivity contribution < 1.29 is 9.84 Å². The molecule has 1 aromatic rings. The van der Waals surface area contributed by atoms with E-state index in [2.05, 4.69) is 17.2 Å². The number of aliphatic hydroxyl groups is 1. The molecule has 0 bridgehead atoms. The molecule has 1 aliphatic rings. The molecule has 5 heteroatoms. The summed E-state index contributed by atoms with van der Waals surface area (Å²) in [4.78, 5) is 4.02. The van der Waals surface area contributed by atoms with Gasteiger partial charge in [-0.05, 0) is 19.8 Å². The number of nitrogens with zero attached hydrogens (tertiary/aromatic N) is 2.